The number of nitrogens with zero attached hydrogens (tertiary/aromatic N) is 2. The summed E-state index contributed by atoms with van der Waals surface area (Å²) in [5, 5.41) is 20.9. The summed E-state index contributed by atoms with van der Waals surface area (Å²) < 4.78 is 0. The van der Waals surface area contributed by atoms with Gasteiger partial charge in [-0.1, -0.05) is 5.16 Å². The van der Waals surface area contributed by atoms with E-state index in [1.807, 2.05) is 0 Å². The molecule has 1 atom stereocenters. The zero-order valence-electron chi connectivity index (χ0n) is 6.88. The highest BCUT2D eigenvalue weighted by Gasteiger charge is 2.09. The third-order valence-corrected chi connectivity index (χ3v) is 1.23. The summed E-state index contributed by atoms with van der Waals surface area (Å²) in [4.78, 5) is 20.0. The highest BCUT2D eigenvalue weighted by atomic mass is 16.6. The van der Waals surface area contributed by atoms with Crippen molar-refractivity contribution in [1.29, 1.82) is 0 Å². The molecule has 7 nitrogen and oxygen atoms in total. The zero-order valence-corrected chi connectivity index (χ0v) is 6.88. The van der Waals surface area contributed by atoms with Crippen molar-refractivity contribution in [3.8, 4) is 0 Å². The van der Waals surface area contributed by atoms with E-state index in [1.165, 1.54) is 6.92 Å². The normalized spacial score (nSPS) is 14.4. The molecule has 0 aromatic rings. The molecule has 0 aromatic heterocycles. The van der Waals surface area contributed by atoms with Gasteiger partial charge in [0, 0.05) is 11.8 Å². The van der Waals surface area contributed by atoms with E-state index in [0.29, 0.717) is 0 Å². The lowest BCUT2D eigenvalue weighted by molar-refractivity contribution is -0.504. The molecule has 0 heterocycles. The molecule has 7 heteroatoms. The first-order chi connectivity index (χ1) is 5.99. The molecule has 0 rings (SSSR count). The Hall–Kier alpha value is -1.92. The molecular weight excluding hydrogens is 178 g/mol. The first kappa shape index (κ1) is 11.1. The average Bonchev–Trinajstić information content (AvgIpc) is 2.04. The Balaban J connectivity index is 4.42. The zero-order chi connectivity index (χ0) is 10.4. The smallest absolute Gasteiger partial charge is 0.270 e. The number of hydrogen-bond donors (Lipinski definition) is 2. The maximum absolute atomic E-state index is 10.4. The largest absolute Gasteiger partial charge is 0.410 e. The number of nitrogens with two attached hydrogens (primary N) is 1. The first-order valence-corrected chi connectivity index (χ1v) is 3.32. The van der Waals surface area contributed by atoms with Crippen molar-refractivity contribution in [2.45, 2.75) is 13.0 Å². The van der Waals surface area contributed by atoms with Crippen LogP contribution in [-0.2, 0) is 4.79 Å². The first-order valence-electron chi connectivity index (χ1n) is 3.32. The molecule has 0 aromatic carbocycles. The molecule has 0 radical (unpaired) electrons. The van der Waals surface area contributed by atoms with E-state index in [1.54, 1.807) is 0 Å². The fourth-order valence-corrected chi connectivity index (χ4v) is 0.465. The number of rotatable bonds is 4. The van der Waals surface area contributed by atoms with Crippen LogP contribution in [0.25, 0.3) is 0 Å². The monoisotopic (exact) mass is 187 g/mol. The van der Waals surface area contributed by atoms with Crippen LogP contribution in [-0.4, -0.2) is 27.8 Å². The Morgan fingerprint density at radius 3 is 2.62 bits per heavy atom. The Labute approximate surface area is 73.7 Å². The Kier molecular flexibility index (Phi) is 4.14. The molecule has 0 fully saturated rings. The molecule has 3 N–H and O–H groups in total. The van der Waals surface area contributed by atoms with E-state index in [0.717, 1.165) is 12.2 Å². The molecule has 0 spiro atoms. The van der Waals surface area contributed by atoms with Crippen molar-refractivity contribution in [3.63, 3.8) is 0 Å². The van der Waals surface area contributed by atoms with E-state index in [4.69, 9.17) is 10.9 Å². The standard InChI is InChI=1S/C6H9N3O4/c1-4(9(12)13)2-3-5(8-11)6(7)10/h2-4,11H,1H3,(H2,7,10)/b3-2?,8-5+. The van der Waals surface area contributed by atoms with Gasteiger partial charge >= 0.3 is 0 Å². The van der Waals surface area contributed by atoms with Gasteiger partial charge in [0.15, 0.2) is 5.71 Å². The van der Waals surface area contributed by atoms with Gasteiger partial charge in [-0.2, -0.15) is 0 Å². The van der Waals surface area contributed by atoms with Crippen LogP contribution in [0.1, 0.15) is 6.92 Å². The second kappa shape index (κ2) is 4.86. The number of oxime groups is 1. The third-order valence-electron chi connectivity index (χ3n) is 1.23. The van der Waals surface area contributed by atoms with Crippen LogP contribution in [0.2, 0.25) is 0 Å². The summed E-state index contributed by atoms with van der Waals surface area (Å²) >= 11 is 0. The fourth-order valence-electron chi connectivity index (χ4n) is 0.465. The maximum atomic E-state index is 10.4. The van der Waals surface area contributed by atoms with Crippen molar-refractivity contribution in [2.75, 3.05) is 0 Å². The number of carbonyl (C=O) groups excluding carboxylic acids is 1. The van der Waals surface area contributed by atoms with Crippen molar-refractivity contribution in [1.82, 2.24) is 0 Å². The lowest BCUT2D eigenvalue weighted by Gasteiger charge is -1.95. The number of primary amides is 1. The highest BCUT2D eigenvalue weighted by molar-refractivity contribution is 6.42. The van der Waals surface area contributed by atoms with Crippen LogP contribution in [0, 0.1) is 10.1 Å². The van der Waals surface area contributed by atoms with Gasteiger partial charge < -0.3 is 10.9 Å². The summed E-state index contributed by atoms with van der Waals surface area (Å²) in [6.07, 6.45) is 2.09. The molecule has 1 amide bonds. The average molecular weight is 187 g/mol. The van der Waals surface area contributed by atoms with E-state index >= 15 is 0 Å². The highest BCUT2D eigenvalue weighted by Crippen LogP contribution is 1.91. The molecule has 72 valence electrons. The Morgan fingerprint density at radius 1 is 1.77 bits per heavy atom. The summed E-state index contributed by atoms with van der Waals surface area (Å²) in [5.41, 5.74) is 4.34. The molecule has 0 saturated carbocycles. The van der Waals surface area contributed by atoms with Crippen molar-refractivity contribution in [2.24, 2.45) is 10.9 Å². The van der Waals surface area contributed by atoms with Gasteiger partial charge in [-0.3, -0.25) is 14.9 Å². The van der Waals surface area contributed by atoms with Crippen LogP contribution in [0.5, 0.6) is 0 Å². The van der Waals surface area contributed by atoms with Gasteiger partial charge in [0.05, 0.1) is 0 Å². The predicted octanol–water partition coefficient (Wildman–Crippen LogP) is -0.477. The lowest BCUT2D eigenvalue weighted by atomic mass is 10.2. The van der Waals surface area contributed by atoms with Gasteiger partial charge in [0.1, 0.15) is 0 Å². The van der Waals surface area contributed by atoms with Gasteiger partial charge in [0.25, 0.3) is 5.91 Å². The van der Waals surface area contributed by atoms with Crippen molar-refractivity contribution in [3.05, 3.63) is 22.3 Å². The minimum absolute atomic E-state index is 0.422. The number of amides is 1. The number of hydrogen-bond acceptors (Lipinski definition) is 5. The van der Waals surface area contributed by atoms with Crippen molar-refractivity contribution >= 4 is 11.6 Å². The molecular formula is C6H9N3O4. The van der Waals surface area contributed by atoms with Crippen LogP contribution in [0.15, 0.2) is 17.3 Å². The van der Waals surface area contributed by atoms with E-state index in [-0.39, 0.29) is 0 Å². The summed E-state index contributed by atoms with van der Waals surface area (Å²) in [5.74, 6) is -0.950. The second-order valence-corrected chi connectivity index (χ2v) is 2.23. The van der Waals surface area contributed by atoms with Gasteiger partial charge in [-0.25, -0.2) is 0 Å². The topological polar surface area (TPSA) is 119 Å². The number of nitro groups is 1. The minimum Gasteiger partial charge on any atom is -0.410 e. The maximum Gasteiger partial charge on any atom is 0.270 e. The Morgan fingerprint density at radius 2 is 2.31 bits per heavy atom. The second-order valence-electron chi connectivity index (χ2n) is 2.23. The van der Waals surface area contributed by atoms with Gasteiger partial charge in [-0.05, 0) is 12.2 Å². The van der Waals surface area contributed by atoms with E-state index < -0.39 is 22.6 Å². The summed E-state index contributed by atoms with van der Waals surface area (Å²) in [7, 11) is 0. The summed E-state index contributed by atoms with van der Waals surface area (Å²) in [6, 6.07) is -0.962. The van der Waals surface area contributed by atoms with Gasteiger partial charge in [0.2, 0.25) is 6.04 Å². The molecule has 1 unspecified atom stereocenters. The van der Waals surface area contributed by atoms with Gasteiger partial charge in [-0.15, -0.1) is 0 Å². The molecule has 0 saturated heterocycles. The molecule has 0 aliphatic carbocycles. The van der Waals surface area contributed by atoms with Crippen LogP contribution in [0.4, 0.5) is 0 Å². The fraction of sp³-hybridized carbons (Fsp3) is 0.333. The van der Waals surface area contributed by atoms with Crippen LogP contribution < -0.4 is 5.73 Å². The molecule has 13 heavy (non-hydrogen) atoms. The summed E-state index contributed by atoms with van der Waals surface area (Å²) in [6.45, 7) is 1.31. The van der Waals surface area contributed by atoms with Crippen LogP contribution >= 0.6 is 0 Å². The van der Waals surface area contributed by atoms with E-state index in [2.05, 4.69) is 5.16 Å². The quantitative estimate of drug-likeness (QED) is 0.267. The molecule has 0 aliphatic heterocycles. The molecule has 0 bridgehead atoms. The number of carbonyl (C=O) groups is 1. The minimum atomic E-state index is -0.962. The SMILES string of the molecule is CC(C=C/C(=N\O)C(N)=O)[N+](=O)[O-]. The van der Waals surface area contributed by atoms with E-state index in [9.17, 15) is 14.9 Å². The Bertz CT molecular complexity index is 271. The van der Waals surface area contributed by atoms with Crippen LogP contribution in [0.3, 0.4) is 0 Å². The predicted molar refractivity (Wildman–Crippen MR) is 44.0 cm³/mol. The third kappa shape index (κ3) is 3.85. The lowest BCUT2D eigenvalue weighted by Crippen LogP contribution is -2.22. The molecule has 0 aliphatic rings. The van der Waals surface area contributed by atoms with Crippen molar-refractivity contribution < 1.29 is 14.9 Å².